The van der Waals surface area contributed by atoms with E-state index < -0.39 is 0 Å². The van der Waals surface area contributed by atoms with E-state index in [1.54, 1.807) is 0 Å². The molecule has 0 fully saturated rings. The summed E-state index contributed by atoms with van der Waals surface area (Å²) in [5.74, 6) is 0.109. The SMILES string of the molecule is Nc1nc2ccc(/C=C3\SC(Nc4ccccc4Br)=NC3=O)cc2[nH]1. The van der Waals surface area contributed by atoms with E-state index in [1.165, 1.54) is 11.8 Å². The van der Waals surface area contributed by atoms with Crippen LogP contribution in [0.4, 0.5) is 11.6 Å². The number of hydrogen-bond donors (Lipinski definition) is 3. The van der Waals surface area contributed by atoms with Gasteiger partial charge >= 0.3 is 0 Å². The van der Waals surface area contributed by atoms with Crippen molar-refractivity contribution in [2.75, 3.05) is 11.1 Å². The Balaban J connectivity index is 1.56. The number of imidazole rings is 1. The van der Waals surface area contributed by atoms with Crippen LogP contribution < -0.4 is 11.1 Å². The summed E-state index contributed by atoms with van der Waals surface area (Å²) in [5.41, 5.74) is 9.01. The third kappa shape index (κ3) is 3.31. The van der Waals surface area contributed by atoms with Crippen LogP contribution in [0.5, 0.6) is 0 Å². The van der Waals surface area contributed by atoms with Crippen molar-refractivity contribution in [2.45, 2.75) is 0 Å². The van der Waals surface area contributed by atoms with Gasteiger partial charge in [0.05, 0.1) is 21.6 Å². The number of para-hydroxylation sites is 1. The Kier molecular flexibility index (Phi) is 4.06. The first-order chi connectivity index (χ1) is 12.1. The van der Waals surface area contributed by atoms with Gasteiger partial charge in [-0.3, -0.25) is 4.79 Å². The van der Waals surface area contributed by atoms with Gasteiger partial charge in [-0.15, -0.1) is 0 Å². The summed E-state index contributed by atoms with van der Waals surface area (Å²) in [7, 11) is 0. The van der Waals surface area contributed by atoms with Crippen LogP contribution in [0.2, 0.25) is 0 Å². The molecule has 1 aromatic heterocycles. The molecule has 2 heterocycles. The minimum atomic E-state index is -0.260. The Labute approximate surface area is 155 Å². The van der Waals surface area contributed by atoms with Crippen molar-refractivity contribution in [3.63, 3.8) is 0 Å². The molecule has 1 aliphatic rings. The maximum absolute atomic E-state index is 12.2. The number of H-pyrrole nitrogens is 1. The predicted octanol–water partition coefficient (Wildman–Crippen LogP) is 3.99. The van der Waals surface area contributed by atoms with E-state index in [-0.39, 0.29) is 5.91 Å². The number of amides is 1. The number of fused-ring (bicyclic) bond motifs is 1. The van der Waals surface area contributed by atoms with Crippen molar-refractivity contribution in [3.8, 4) is 0 Å². The first-order valence-electron chi connectivity index (χ1n) is 7.38. The van der Waals surface area contributed by atoms with Gasteiger partial charge in [0.15, 0.2) is 11.1 Å². The van der Waals surface area contributed by atoms with Gasteiger partial charge in [0.1, 0.15) is 0 Å². The Morgan fingerprint density at radius 3 is 2.92 bits per heavy atom. The topological polar surface area (TPSA) is 96.2 Å². The van der Waals surface area contributed by atoms with Gasteiger partial charge in [0.25, 0.3) is 5.91 Å². The van der Waals surface area contributed by atoms with Gasteiger partial charge in [-0.05, 0) is 63.6 Å². The first-order valence-corrected chi connectivity index (χ1v) is 8.99. The zero-order valence-corrected chi connectivity index (χ0v) is 15.2. The average molecular weight is 414 g/mol. The van der Waals surface area contributed by atoms with Crippen LogP contribution in [-0.2, 0) is 4.79 Å². The smallest absolute Gasteiger partial charge is 0.286 e. The number of nitrogen functional groups attached to an aromatic ring is 1. The zero-order chi connectivity index (χ0) is 17.4. The fourth-order valence-electron chi connectivity index (χ4n) is 2.43. The monoisotopic (exact) mass is 413 g/mol. The molecule has 25 heavy (non-hydrogen) atoms. The molecule has 1 aliphatic heterocycles. The fourth-order valence-corrected chi connectivity index (χ4v) is 3.64. The van der Waals surface area contributed by atoms with E-state index in [9.17, 15) is 4.79 Å². The van der Waals surface area contributed by atoms with Crippen LogP contribution in [0, 0.1) is 0 Å². The third-order valence-electron chi connectivity index (χ3n) is 3.56. The molecule has 4 N–H and O–H groups in total. The van der Waals surface area contributed by atoms with Crippen LogP contribution in [0.1, 0.15) is 5.56 Å². The third-order valence-corrected chi connectivity index (χ3v) is 5.15. The van der Waals surface area contributed by atoms with E-state index in [2.05, 4.69) is 36.2 Å². The molecule has 0 saturated carbocycles. The molecule has 8 heteroatoms. The summed E-state index contributed by atoms with van der Waals surface area (Å²) in [5, 5.41) is 3.71. The van der Waals surface area contributed by atoms with E-state index in [4.69, 9.17) is 5.73 Å². The van der Waals surface area contributed by atoms with Crippen molar-refractivity contribution >= 4 is 67.5 Å². The molecule has 0 saturated heterocycles. The summed E-state index contributed by atoms with van der Waals surface area (Å²) in [6, 6.07) is 13.3. The molecule has 0 unspecified atom stereocenters. The second-order valence-corrected chi connectivity index (χ2v) is 7.22. The maximum Gasteiger partial charge on any atom is 0.286 e. The van der Waals surface area contributed by atoms with Gasteiger partial charge in [-0.1, -0.05) is 18.2 Å². The van der Waals surface area contributed by atoms with E-state index in [1.807, 2.05) is 48.5 Å². The highest BCUT2D eigenvalue weighted by atomic mass is 79.9. The number of aromatic nitrogens is 2. The molecule has 124 valence electrons. The lowest BCUT2D eigenvalue weighted by atomic mass is 10.2. The van der Waals surface area contributed by atoms with E-state index >= 15 is 0 Å². The van der Waals surface area contributed by atoms with E-state index in [0.717, 1.165) is 26.8 Å². The summed E-state index contributed by atoms with van der Waals surface area (Å²) < 4.78 is 0.908. The van der Waals surface area contributed by atoms with Gasteiger partial charge in [-0.2, -0.15) is 4.99 Å². The molecule has 0 aliphatic carbocycles. The van der Waals surface area contributed by atoms with Crippen molar-refractivity contribution in [3.05, 3.63) is 57.4 Å². The van der Waals surface area contributed by atoms with Crippen molar-refractivity contribution < 1.29 is 4.79 Å². The number of nitrogens with two attached hydrogens (primary N) is 1. The lowest BCUT2D eigenvalue weighted by Gasteiger charge is -2.06. The molecule has 0 radical (unpaired) electrons. The van der Waals surface area contributed by atoms with Crippen LogP contribution >= 0.6 is 27.7 Å². The Morgan fingerprint density at radius 1 is 1.24 bits per heavy atom. The number of carbonyl (C=O) groups is 1. The fraction of sp³-hybridized carbons (Fsp3) is 0. The number of halogens is 1. The van der Waals surface area contributed by atoms with Crippen LogP contribution in [0.15, 0.2) is 56.8 Å². The predicted molar refractivity (Wildman–Crippen MR) is 106 cm³/mol. The standard InChI is InChI=1S/C17H12BrN5OS/c18-10-3-1-2-4-11(10)22-17-23-15(24)14(25-17)8-9-5-6-12-13(7-9)21-16(19)20-12/h1-8H,(H3,19,20,21)(H,22,23,24)/b14-8-. The number of aliphatic imine (C=N–C) groups is 1. The van der Waals surface area contributed by atoms with Gasteiger partial charge in [0.2, 0.25) is 0 Å². The number of rotatable bonds is 2. The number of aromatic amines is 1. The second kappa shape index (κ2) is 6.38. The number of nitrogens with zero attached hydrogens (tertiary/aromatic N) is 2. The average Bonchev–Trinajstić information content (AvgIpc) is 3.11. The maximum atomic E-state index is 12.2. The lowest BCUT2D eigenvalue weighted by molar-refractivity contribution is -0.113. The van der Waals surface area contributed by atoms with Crippen LogP contribution in [0.25, 0.3) is 17.1 Å². The highest BCUT2D eigenvalue weighted by Crippen LogP contribution is 2.31. The molecular weight excluding hydrogens is 402 g/mol. The molecule has 2 aromatic carbocycles. The molecular formula is C17H12BrN5OS. The number of nitrogens with one attached hydrogen (secondary N) is 2. The summed E-state index contributed by atoms with van der Waals surface area (Å²) in [6.07, 6.45) is 1.81. The summed E-state index contributed by atoms with van der Waals surface area (Å²) in [4.78, 5) is 23.9. The number of anilines is 2. The molecule has 6 nitrogen and oxygen atoms in total. The zero-order valence-electron chi connectivity index (χ0n) is 12.8. The number of hydrogen-bond acceptors (Lipinski definition) is 5. The van der Waals surface area contributed by atoms with Gasteiger partial charge < -0.3 is 16.0 Å². The molecule has 0 spiro atoms. The minimum absolute atomic E-state index is 0.260. The first kappa shape index (κ1) is 15.9. The highest BCUT2D eigenvalue weighted by Gasteiger charge is 2.22. The van der Waals surface area contributed by atoms with Crippen LogP contribution in [0.3, 0.4) is 0 Å². The quantitative estimate of drug-likeness (QED) is 0.551. The minimum Gasteiger partial charge on any atom is -0.369 e. The molecule has 1 amide bonds. The van der Waals surface area contributed by atoms with Crippen molar-refractivity contribution in [1.82, 2.24) is 9.97 Å². The normalized spacial score (nSPS) is 15.8. The van der Waals surface area contributed by atoms with Gasteiger partial charge in [-0.25, -0.2) is 4.98 Å². The summed E-state index contributed by atoms with van der Waals surface area (Å²) in [6.45, 7) is 0. The molecule has 0 bridgehead atoms. The van der Waals surface area contributed by atoms with Crippen LogP contribution in [-0.4, -0.2) is 21.0 Å². The Bertz CT molecular complexity index is 1060. The molecule has 4 rings (SSSR count). The Hall–Kier alpha value is -2.58. The van der Waals surface area contributed by atoms with Crippen molar-refractivity contribution in [2.24, 2.45) is 4.99 Å². The lowest BCUT2D eigenvalue weighted by Crippen LogP contribution is -2.05. The van der Waals surface area contributed by atoms with Gasteiger partial charge in [0, 0.05) is 4.47 Å². The number of thioether (sulfide) groups is 1. The Morgan fingerprint density at radius 2 is 2.08 bits per heavy atom. The molecule has 3 aromatic rings. The largest absolute Gasteiger partial charge is 0.369 e. The number of amidine groups is 1. The van der Waals surface area contributed by atoms with Crippen molar-refractivity contribution in [1.29, 1.82) is 0 Å². The second-order valence-electron chi connectivity index (χ2n) is 5.34. The molecule has 0 atom stereocenters. The summed E-state index contributed by atoms with van der Waals surface area (Å²) >= 11 is 4.77. The van der Waals surface area contributed by atoms with E-state index in [0.29, 0.717) is 16.0 Å². The number of carbonyl (C=O) groups excluding carboxylic acids is 1. The highest BCUT2D eigenvalue weighted by molar-refractivity contribution is 9.10. The number of benzene rings is 2.